The molecule has 1 saturated heterocycles. The zero-order valence-electron chi connectivity index (χ0n) is 6.53. The molecule has 2 atom stereocenters. The molecule has 0 aromatic rings. The fourth-order valence-electron chi connectivity index (χ4n) is 1.16. The molecule has 2 heterocycles. The molecule has 0 aromatic heterocycles. The van der Waals surface area contributed by atoms with Gasteiger partial charge in [-0.05, 0) is 6.92 Å². The van der Waals surface area contributed by atoms with Gasteiger partial charge in [-0.25, -0.2) is 0 Å². The van der Waals surface area contributed by atoms with Gasteiger partial charge in [0.25, 0.3) is 0 Å². The van der Waals surface area contributed by atoms with E-state index < -0.39 is 11.8 Å². The van der Waals surface area contributed by atoms with E-state index in [0.29, 0.717) is 6.61 Å². The molecule has 2 bridgehead atoms. The maximum Gasteiger partial charge on any atom is 0.414 e. The second kappa shape index (κ2) is 2.00. The van der Waals surface area contributed by atoms with Gasteiger partial charge in [0.05, 0.1) is 6.61 Å². The Balaban J connectivity index is 2.25. The van der Waals surface area contributed by atoms with E-state index in [9.17, 15) is 0 Å². The van der Waals surface area contributed by atoms with Gasteiger partial charge in [0.1, 0.15) is 0 Å². The van der Waals surface area contributed by atoms with Crippen LogP contribution in [0.15, 0.2) is 10.2 Å². The summed E-state index contributed by atoms with van der Waals surface area (Å²) in [5.41, 5.74) is -0.533. The number of rotatable bonds is 1. The third kappa shape index (κ3) is 0.962. The number of ether oxygens (including phenoxy) is 3. The summed E-state index contributed by atoms with van der Waals surface area (Å²) in [6.07, 6.45) is -0.519. The number of hydrogen-bond acceptors (Lipinski definition) is 5. The summed E-state index contributed by atoms with van der Waals surface area (Å²) < 4.78 is 15.4. The van der Waals surface area contributed by atoms with E-state index >= 15 is 0 Å². The van der Waals surface area contributed by atoms with Crippen LogP contribution in [0.25, 0.3) is 0 Å². The highest BCUT2D eigenvalue weighted by atomic mass is 16.9. The number of nitrogens with zero attached hydrogens (tertiary/aromatic N) is 2. The summed E-state index contributed by atoms with van der Waals surface area (Å²) in [7, 11) is 1.48. The molecule has 0 radical (unpaired) electrons. The van der Waals surface area contributed by atoms with Crippen LogP contribution < -0.4 is 0 Å². The smallest absolute Gasteiger partial charge is 0.310 e. The molecule has 5 heteroatoms. The molecule has 1 fully saturated rings. The lowest BCUT2D eigenvalue weighted by Gasteiger charge is -2.31. The van der Waals surface area contributed by atoms with Crippen LogP contribution in [-0.2, 0) is 14.2 Å². The fraction of sp³-hybridized carbons (Fsp3) is 1.00. The maximum atomic E-state index is 5.34. The van der Waals surface area contributed by atoms with Gasteiger partial charge in [-0.1, -0.05) is 5.11 Å². The second-order valence-electron chi connectivity index (χ2n) is 2.80. The van der Waals surface area contributed by atoms with Crippen molar-refractivity contribution < 1.29 is 14.2 Å². The zero-order chi connectivity index (χ0) is 7.95. The largest absolute Gasteiger partial charge is 0.414 e. The van der Waals surface area contributed by atoms with Crippen molar-refractivity contribution in [1.82, 2.24) is 0 Å². The zero-order valence-corrected chi connectivity index (χ0v) is 6.53. The SMILES string of the molecule is COC12N=NC(C)(CCO1)O2. The van der Waals surface area contributed by atoms with Crippen LogP contribution in [0, 0.1) is 0 Å². The number of hydrogen-bond donors (Lipinski definition) is 0. The molecule has 11 heavy (non-hydrogen) atoms. The standard InChI is InChI=1S/C6H10N2O3/c1-5-3-4-10-6(9-2,11-5)8-7-5/h3-4H2,1-2H3. The Morgan fingerprint density at radius 1 is 1.45 bits per heavy atom. The molecule has 0 aromatic carbocycles. The lowest BCUT2D eigenvalue weighted by molar-refractivity contribution is -0.402. The highest BCUT2D eigenvalue weighted by Gasteiger charge is 2.51. The van der Waals surface area contributed by atoms with Crippen molar-refractivity contribution in [3.05, 3.63) is 0 Å². The first-order chi connectivity index (χ1) is 5.18. The van der Waals surface area contributed by atoms with Crippen molar-refractivity contribution in [2.24, 2.45) is 10.2 Å². The number of azo groups is 1. The second-order valence-corrected chi connectivity index (χ2v) is 2.80. The Labute approximate surface area is 64.3 Å². The van der Waals surface area contributed by atoms with Crippen LogP contribution in [0.3, 0.4) is 0 Å². The number of fused-ring (bicyclic) bond motifs is 2. The molecule has 0 amide bonds. The van der Waals surface area contributed by atoms with Crippen molar-refractivity contribution in [2.45, 2.75) is 25.2 Å². The molecule has 2 rings (SSSR count). The third-order valence-electron chi connectivity index (χ3n) is 1.84. The molecule has 2 unspecified atom stereocenters. The Bertz CT molecular complexity index is 208. The average Bonchev–Trinajstić information content (AvgIpc) is 2.24. The highest BCUT2D eigenvalue weighted by Crippen LogP contribution is 2.39. The van der Waals surface area contributed by atoms with Crippen molar-refractivity contribution in [1.29, 1.82) is 0 Å². The van der Waals surface area contributed by atoms with Gasteiger partial charge in [-0.2, -0.15) is 5.11 Å². The first-order valence-corrected chi connectivity index (χ1v) is 3.51. The summed E-state index contributed by atoms with van der Waals surface area (Å²) in [5, 5.41) is 7.70. The lowest BCUT2D eigenvalue weighted by atomic mass is 10.2. The summed E-state index contributed by atoms with van der Waals surface area (Å²) in [4.78, 5) is 0. The molecule has 0 N–H and O–H groups in total. The Morgan fingerprint density at radius 3 is 2.91 bits per heavy atom. The first kappa shape index (κ1) is 7.15. The molecule has 0 spiro atoms. The summed E-state index contributed by atoms with van der Waals surface area (Å²) >= 11 is 0. The Hall–Kier alpha value is -0.520. The minimum atomic E-state index is -1.24. The Kier molecular flexibility index (Phi) is 1.30. The molecule has 62 valence electrons. The van der Waals surface area contributed by atoms with Crippen LogP contribution in [0.1, 0.15) is 13.3 Å². The quantitative estimate of drug-likeness (QED) is 0.568. The van der Waals surface area contributed by atoms with Gasteiger partial charge >= 0.3 is 6.10 Å². The van der Waals surface area contributed by atoms with Crippen LogP contribution >= 0.6 is 0 Å². The van der Waals surface area contributed by atoms with E-state index in [1.165, 1.54) is 7.11 Å². The molecule has 0 saturated carbocycles. The van der Waals surface area contributed by atoms with Gasteiger partial charge in [-0.15, -0.1) is 0 Å². The maximum absolute atomic E-state index is 5.34. The summed E-state index contributed by atoms with van der Waals surface area (Å²) in [6.45, 7) is 2.43. The molecular weight excluding hydrogens is 148 g/mol. The Morgan fingerprint density at radius 2 is 2.27 bits per heavy atom. The lowest BCUT2D eigenvalue weighted by Crippen LogP contribution is -2.44. The van der Waals surface area contributed by atoms with E-state index in [2.05, 4.69) is 10.2 Å². The molecule has 2 aliphatic rings. The van der Waals surface area contributed by atoms with Gasteiger partial charge < -0.3 is 9.47 Å². The van der Waals surface area contributed by atoms with Crippen LogP contribution in [0.2, 0.25) is 0 Å². The van der Waals surface area contributed by atoms with E-state index in [0.717, 1.165) is 6.42 Å². The van der Waals surface area contributed by atoms with Crippen molar-refractivity contribution in [3.8, 4) is 0 Å². The van der Waals surface area contributed by atoms with Gasteiger partial charge in [0.15, 0.2) is 5.72 Å². The minimum absolute atomic E-state index is 0.533. The van der Waals surface area contributed by atoms with Gasteiger partial charge in [0, 0.05) is 13.5 Å². The predicted octanol–water partition coefficient (Wildman–Crippen LogP) is 0.863. The van der Waals surface area contributed by atoms with Gasteiger partial charge in [-0.3, -0.25) is 4.74 Å². The van der Waals surface area contributed by atoms with Crippen LogP contribution in [0.4, 0.5) is 0 Å². The van der Waals surface area contributed by atoms with Crippen LogP contribution in [-0.4, -0.2) is 25.5 Å². The third-order valence-corrected chi connectivity index (χ3v) is 1.84. The molecule has 2 aliphatic heterocycles. The van der Waals surface area contributed by atoms with Crippen molar-refractivity contribution in [2.75, 3.05) is 13.7 Å². The molecule has 5 nitrogen and oxygen atoms in total. The first-order valence-electron chi connectivity index (χ1n) is 3.51. The van der Waals surface area contributed by atoms with Crippen molar-refractivity contribution >= 4 is 0 Å². The normalized spacial score (nSPS) is 48.2. The van der Waals surface area contributed by atoms with Gasteiger partial charge in [0.2, 0.25) is 0 Å². The highest BCUT2D eigenvalue weighted by molar-refractivity contribution is 4.81. The summed E-state index contributed by atoms with van der Waals surface area (Å²) in [5.74, 6) is 0. The fourth-order valence-corrected chi connectivity index (χ4v) is 1.16. The topological polar surface area (TPSA) is 52.4 Å². The molecule has 0 aliphatic carbocycles. The van der Waals surface area contributed by atoms with E-state index in [4.69, 9.17) is 14.2 Å². The van der Waals surface area contributed by atoms with E-state index in [-0.39, 0.29) is 0 Å². The minimum Gasteiger partial charge on any atom is -0.310 e. The van der Waals surface area contributed by atoms with E-state index in [1.54, 1.807) is 0 Å². The van der Waals surface area contributed by atoms with Crippen molar-refractivity contribution in [3.63, 3.8) is 0 Å². The molecular formula is C6H10N2O3. The van der Waals surface area contributed by atoms with E-state index in [1.807, 2.05) is 6.92 Å². The predicted molar refractivity (Wildman–Crippen MR) is 34.7 cm³/mol. The average molecular weight is 158 g/mol. The monoisotopic (exact) mass is 158 g/mol. The summed E-state index contributed by atoms with van der Waals surface area (Å²) in [6, 6.07) is 0. The number of methoxy groups -OCH3 is 1. The van der Waals surface area contributed by atoms with Crippen LogP contribution in [0.5, 0.6) is 0 Å².